The second kappa shape index (κ2) is 11.4. The van der Waals surface area contributed by atoms with Crippen molar-refractivity contribution in [2.24, 2.45) is 0 Å². The molecule has 0 spiro atoms. The summed E-state index contributed by atoms with van der Waals surface area (Å²) in [7, 11) is -2.70. The number of nitrogens with zero attached hydrogens (tertiary/aromatic N) is 4. The van der Waals surface area contributed by atoms with Crippen LogP contribution in [-0.4, -0.2) is 48.4 Å². The number of rotatable bonds is 10. The van der Waals surface area contributed by atoms with Gasteiger partial charge in [-0.15, -0.1) is 0 Å². The maximum Gasteiger partial charge on any atom is 0.264 e. The van der Waals surface area contributed by atoms with Gasteiger partial charge in [-0.05, 0) is 41.3 Å². The van der Waals surface area contributed by atoms with E-state index in [0.29, 0.717) is 12.0 Å². The van der Waals surface area contributed by atoms with E-state index in [1.165, 1.54) is 31.6 Å². The number of aromatic nitrogens is 4. The van der Waals surface area contributed by atoms with Crippen LogP contribution in [0.4, 0.5) is 5.82 Å². The number of carbonyl (C=O) groups is 1. The van der Waals surface area contributed by atoms with E-state index in [1.807, 2.05) is 20.8 Å². The molecule has 0 aliphatic heterocycles. The third-order valence-corrected chi connectivity index (χ3v) is 6.79. The minimum absolute atomic E-state index is 0.00484. The zero-order valence-electron chi connectivity index (χ0n) is 21.8. The van der Waals surface area contributed by atoms with Crippen LogP contribution >= 0.6 is 0 Å². The van der Waals surface area contributed by atoms with Gasteiger partial charge in [0.1, 0.15) is 6.61 Å². The van der Waals surface area contributed by atoms with Gasteiger partial charge in [0.15, 0.2) is 29.4 Å². The molecular formula is C27H27N5O6S. The van der Waals surface area contributed by atoms with Gasteiger partial charge in [0, 0.05) is 12.4 Å². The fourth-order valence-electron chi connectivity index (χ4n) is 3.45. The Morgan fingerprint density at radius 1 is 0.897 bits per heavy atom. The average Bonchev–Trinajstić information content (AvgIpc) is 2.93. The largest absolute Gasteiger partial charge is 0.493 e. The highest BCUT2D eigenvalue weighted by Gasteiger charge is 2.26. The van der Waals surface area contributed by atoms with Crippen molar-refractivity contribution in [3.63, 3.8) is 0 Å². The first-order valence-electron chi connectivity index (χ1n) is 11.8. The fraction of sp³-hybridized carbons (Fsp3) is 0.222. The van der Waals surface area contributed by atoms with Crippen molar-refractivity contribution in [3.05, 3.63) is 72.6 Å². The zero-order chi connectivity index (χ0) is 28.0. The Bertz CT molecular complexity index is 1560. The Hall–Kier alpha value is -4.58. The molecule has 2 heterocycles. The van der Waals surface area contributed by atoms with E-state index in [9.17, 15) is 13.2 Å². The molecule has 202 valence electrons. The smallest absolute Gasteiger partial charge is 0.264 e. The van der Waals surface area contributed by atoms with Crippen molar-refractivity contribution >= 4 is 22.1 Å². The first-order valence-corrected chi connectivity index (χ1v) is 13.3. The molecule has 4 rings (SSSR count). The number of anilines is 1. The topological polar surface area (TPSA) is 142 Å². The number of carbonyl (C=O) groups excluding carboxylic acids is 1. The van der Waals surface area contributed by atoms with E-state index < -0.39 is 10.0 Å². The maximum atomic E-state index is 13.5. The minimum Gasteiger partial charge on any atom is -0.493 e. The van der Waals surface area contributed by atoms with E-state index in [4.69, 9.17) is 14.2 Å². The van der Waals surface area contributed by atoms with E-state index in [1.54, 1.807) is 42.5 Å². The van der Waals surface area contributed by atoms with Gasteiger partial charge in [0.25, 0.3) is 15.9 Å². The molecule has 12 heteroatoms. The summed E-state index contributed by atoms with van der Waals surface area (Å²) in [4.78, 5) is 28.1. The molecule has 0 atom stereocenters. The van der Waals surface area contributed by atoms with Crippen LogP contribution in [-0.2, 0) is 20.2 Å². The molecule has 2 aromatic carbocycles. The van der Waals surface area contributed by atoms with Gasteiger partial charge >= 0.3 is 0 Å². The molecule has 0 bridgehead atoms. The van der Waals surface area contributed by atoms with Crippen LogP contribution in [0.15, 0.2) is 71.9 Å². The standard InChI is InChI=1S/C27H27N5O6S/c1-27(2,3)18-10-12-19(13-11-18)39(34,35)32-23-22(38-21-9-6-5-8-20(21)36-4)26(37-17-16-33)31-25(30-23)24-28-14-7-15-29-24/h5-16H,17H2,1-4H3,(H,30,31,32). The Kier molecular flexibility index (Phi) is 8.05. The highest BCUT2D eigenvalue weighted by atomic mass is 32.2. The lowest BCUT2D eigenvalue weighted by molar-refractivity contribution is -0.109. The molecule has 1 N–H and O–H groups in total. The Morgan fingerprint density at radius 2 is 1.56 bits per heavy atom. The SMILES string of the molecule is COc1ccccc1Oc1c(NS(=O)(=O)c2ccc(C(C)(C)C)cc2)nc(-c2ncccn2)nc1OCC=O. The number of aldehydes is 1. The normalized spacial score (nSPS) is 11.5. The van der Waals surface area contributed by atoms with Crippen molar-refractivity contribution < 1.29 is 27.4 Å². The summed E-state index contributed by atoms with van der Waals surface area (Å²) in [6, 6.07) is 14.9. The quantitative estimate of drug-likeness (QED) is 0.283. The molecule has 0 saturated carbocycles. The predicted octanol–water partition coefficient (Wildman–Crippen LogP) is 4.41. The number of methoxy groups -OCH3 is 1. The molecule has 0 aliphatic rings. The highest BCUT2D eigenvalue weighted by molar-refractivity contribution is 7.92. The van der Waals surface area contributed by atoms with Gasteiger partial charge in [-0.1, -0.05) is 45.0 Å². The molecule has 0 fully saturated rings. The van der Waals surface area contributed by atoms with Crippen molar-refractivity contribution in [2.75, 3.05) is 18.4 Å². The van der Waals surface area contributed by atoms with Crippen LogP contribution in [0.5, 0.6) is 23.1 Å². The van der Waals surface area contributed by atoms with E-state index in [2.05, 4.69) is 24.7 Å². The Labute approximate surface area is 226 Å². The monoisotopic (exact) mass is 549 g/mol. The van der Waals surface area contributed by atoms with Gasteiger partial charge in [0.05, 0.1) is 12.0 Å². The maximum absolute atomic E-state index is 13.5. The molecule has 4 aromatic rings. The van der Waals surface area contributed by atoms with Crippen molar-refractivity contribution in [2.45, 2.75) is 31.1 Å². The second-order valence-corrected chi connectivity index (χ2v) is 10.9. The molecule has 0 amide bonds. The summed E-state index contributed by atoms with van der Waals surface area (Å²) in [6.07, 6.45) is 3.49. The van der Waals surface area contributed by atoms with Gasteiger partial charge in [-0.2, -0.15) is 4.98 Å². The molecule has 0 unspecified atom stereocenters. The minimum atomic E-state index is -4.16. The molecule has 39 heavy (non-hydrogen) atoms. The number of para-hydroxylation sites is 2. The number of ether oxygens (including phenoxy) is 3. The first kappa shape index (κ1) is 27.5. The number of nitrogens with one attached hydrogen (secondary N) is 1. The van der Waals surface area contributed by atoms with Crippen molar-refractivity contribution in [3.8, 4) is 34.8 Å². The summed E-state index contributed by atoms with van der Waals surface area (Å²) < 4.78 is 46.4. The van der Waals surface area contributed by atoms with Gasteiger partial charge in [0.2, 0.25) is 11.6 Å². The number of sulfonamides is 1. The van der Waals surface area contributed by atoms with Gasteiger partial charge < -0.3 is 14.2 Å². The van der Waals surface area contributed by atoms with E-state index in [0.717, 1.165) is 5.56 Å². The van der Waals surface area contributed by atoms with Crippen LogP contribution in [0, 0.1) is 0 Å². The van der Waals surface area contributed by atoms with Gasteiger partial charge in [-0.25, -0.2) is 23.4 Å². The number of hydrogen-bond acceptors (Lipinski definition) is 10. The number of hydrogen-bond donors (Lipinski definition) is 1. The zero-order valence-corrected chi connectivity index (χ0v) is 22.6. The Morgan fingerprint density at radius 3 is 2.18 bits per heavy atom. The summed E-state index contributed by atoms with van der Waals surface area (Å²) in [6.45, 7) is 5.72. The van der Waals surface area contributed by atoms with Crippen molar-refractivity contribution in [1.29, 1.82) is 0 Å². The summed E-state index contributed by atoms with van der Waals surface area (Å²) in [5.74, 6) is 0.0115. The molecular weight excluding hydrogens is 522 g/mol. The van der Waals surface area contributed by atoms with E-state index >= 15 is 0 Å². The molecule has 0 aliphatic carbocycles. The summed E-state index contributed by atoms with van der Waals surface area (Å²) in [5, 5.41) is 0. The highest BCUT2D eigenvalue weighted by Crippen LogP contribution is 2.41. The van der Waals surface area contributed by atoms with Crippen LogP contribution in [0.3, 0.4) is 0 Å². The average molecular weight is 550 g/mol. The fourth-order valence-corrected chi connectivity index (χ4v) is 4.45. The lowest BCUT2D eigenvalue weighted by atomic mass is 9.87. The van der Waals surface area contributed by atoms with Gasteiger partial charge in [-0.3, -0.25) is 9.52 Å². The lowest BCUT2D eigenvalue weighted by Gasteiger charge is -2.20. The summed E-state index contributed by atoms with van der Waals surface area (Å²) in [5.41, 5.74) is 0.810. The first-order chi connectivity index (χ1) is 18.6. The second-order valence-electron chi connectivity index (χ2n) is 9.21. The lowest BCUT2D eigenvalue weighted by Crippen LogP contribution is -2.17. The van der Waals surface area contributed by atoms with Crippen LogP contribution in [0.1, 0.15) is 26.3 Å². The summed E-state index contributed by atoms with van der Waals surface area (Å²) >= 11 is 0. The Balaban J connectivity index is 1.86. The third-order valence-electron chi connectivity index (χ3n) is 5.43. The third kappa shape index (κ3) is 6.47. The van der Waals surface area contributed by atoms with Crippen LogP contribution < -0.4 is 18.9 Å². The predicted molar refractivity (Wildman–Crippen MR) is 144 cm³/mol. The number of benzene rings is 2. The van der Waals surface area contributed by atoms with Crippen LogP contribution in [0.2, 0.25) is 0 Å². The van der Waals surface area contributed by atoms with E-state index in [-0.39, 0.29) is 51.8 Å². The van der Waals surface area contributed by atoms with Crippen LogP contribution in [0.25, 0.3) is 11.6 Å². The molecule has 11 nitrogen and oxygen atoms in total. The van der Waals surface area contributed by atoms with Crippen molar-refractivity contribution in [1.82, 2.24) is 19.9 Å². The molecule has 2 aromatic heterocycles. The molecule has 0 saturated heterocycles. The molecule has 0 radical (unpaired) electrons.